The second-order valence-corrected chi connectivity index (χ2v) is 4.45. The first-order valence-electron chi connectivity index (χ1n) is 5.98. The summed E-state index contributed by atoms with van der Waals surface area (Å²) in [7, 11) is 0. The lowest BCUT2D eigenvalue weighted by Gasteiger charge is -2.14. The lowest BCUT2D eigenvalue weighted by atomic mass is 9.91. The molecule has 1 aromatic rings. The van der Waals surface area contributed by atoms with Crippen molar-refractivity contribution in [1.29, 1.82) is 0 Å². The maximum Gasteiger partial charge on any atom is 0.305 e. The van der Waals surface area contributed by atoms with Crippen LogP contribution in [0.3, 0.4) is 0 Å². The highest BCUT2D eigenvalue weighted by atomic mass is 16.5. The smallest absolute Gasteiger partial charge is 0.305 e. The zero-order valence-electron chi connectivity index (χ0n) is 9.74. The molecule has 0 saturated heterocycles. The summed E-state index contributed by atoms with van der Waals surface area (Å²) in [5.74, 6) is -0.0651. The van der Waals surface area contributed by atoms with Gasteiger partial charge in [0.15, 0.2) is 0 Å². The average molecular weight is 218 g/mol. The van der Waals surface area contributed by atoms with Crippen molar-refractivity contribution in [3.63, 3.8) is 0 Å². The molecule has 86 valence electrons. The summed E-state index contributed by atoms with van der Waals surface area (Å²) in [6, 6.07) is 10.5. The number of hydrogen-bond donors (Lipinski definition) is 0. The van der Waals surface area contributed by atoms with Crippen LogP contribution in [-0.2, 0) is 14.9 Å². The van der Waals surface area contributed by atoms with Crippen LogP contribution in [-0.4, -0.2) is 12.6 Å². The topological polar surface area (TPSA) is 26.3 Å². The van der Waals surface area contributed by atoms with E-state index in [2.05, 4.69) is 24.3 Å². The minimum Gasteiger partial charge on any atom is -0.466 e. The Morgan fingerprint density at radius 3 is 2.56 bits per heavy atom. The van der Waals surface area contributed by atoms with Crippen molar-refractivity contribution in [2.45, 2.75) is 38.0 Å². The molecule has 0 radical (unpaired) electrons. The molecule has 0 spiro atoms. The fourth-order valence-electron chi connectivity index (χ4n) is 2.20. The summed E-state index contributed by atoms with van der Waals surface area (Å²) in [4.78, 5) is 11.3. The maximum absolute atomic E-state index is 11.3. The van der Waals surface area contributed by atoms with Crippen molar-refractivity contribution < 1.29 is 9.53 Å². The molecule has 1 saturated carbocycles. The van der Waals surface area contributed by atoms with E-state index in [0.717, 1.165) is 6.42 Å². The number of benzene rings is 1. The van der Waals surface area contributed by atoms with Gasteiger partial charge < -0.3 is 4.74 Å². The van der Waals surface area contributed by atoms with Gasteiger partial charge in [0.1, 0.15) is 0 Å². The van der Waals surface area contributed by atoms with Crippen molar-refractivity contribution in [2.24, 2.45) is 0 Å². The third-order valence-corrected chi connectivity index (χ3v) is 3.35. The molecule has 0 amide bonds. The van der Waals surface area contributed by atoms with Gasteiger partial charge in [-0.2, -0.15) is 0 Å². The van der Waals surface area contributed by atoms with Crippen molar-refractivity contribution in [3.05, 3.63) is 35.9 Å². The number of ether oxygens (including phenoxy) is 1. The molecule has 2 heteroatoms. The van der Waals surface area contributed by atoms with E-state index in [1.54, 1.807) is 0 Å². The molecule has 0 N–H and O–H groups in total. The Morgan fingerprint density at radius 2 is 2.00 bits per heavy atom. The van der Waals surface area contributed by atoms with Crippen molar-refractivity contribution in [3.8, 4) is 0 Å². The molecule has 2 nitrogen and oxygen atoms in total. The van der Waals surface area contributed by atoms with Crippen LogP contribution in [0.5, 0.6) is 0 Å². The number of carbonyl (C=O) groups excluding carboxylic acids is 1. The Hall–Kier alpha value is -1.31. The molecule has 0 heterocycles. The molecular weight excluding hydrogens is 200 g/mol. The van der Waals surface area contributed by atoms with E-state index in [0.29, 0.717) is 13.0 Å². The van der Waals surface area contributed by atoms with Crippen molar-refractivity contribution in [1.82, 2.24) is 0 Å². The standard InChI is InChI=1S/C14H18O2/c1-2-16-13(15)8-9-14(10-11-14)12-6-4-3-5-7-12/h3-7H,2,8-11H2,1H3. The van der Waals surface area contributed by atoms with Crippen LogP contribution in [0.15, 0.2) is 30.3 Å². The van der Waals surface area contributed by atoms with Gasteiger partial charge in [-0.1, -0.05) is 30.3 Å². The third-order valence-electron chi connectivity index (χ3n) is 3.35. The first-order chi connectivity index (χ1) is 7.77. The number of carbonyl (C=O) groups is 1. The molecule has 16 heavy (non-hydrogen) atoms. The molecule has 1 fully saturated rings. The van der Waals surface area contributed by atoms with Gasteiger partial charge in [0.05, 0.1) is 6.61 Å². The molecule has 1 aromatic carbocycles. The third kappa shape index (κ3) is 2.43. The van der Waals surface area contributed by atoms with Crippen LogP contribution in [0.2, 0.25) is 0 Å². The summed E-state index contributed by atoms with van der Waals surface area (Å²) in [5, 5.41) is 0. The monoisotopic (exact) mass is 218 g/mol. The maximum atomic E-state index is 11.3. The summed E-state index contributed by atoms with van der Waals surface area (Å²) < 4.78 is 4.96. The van der Waals surface area contributed by atoms with E-state index in [4.69, 9.17) is 4.74 Å². The van der Waals surface area contributed by atoms with Gasteiger partial charge in [-0.15, -0.1) is 0 Å². The number of rotatable bonds is 5. The number of hydrogen-bond acceptors (Lipinski definition) is 2. The summed E-state index contributed by atoms with van der Waals surface area (Å²) in [6.45, 7) is 2.33. The van der Waals surface area contributed by atoms with E-state index in [1.807, 2.05) is 13.0 Å². The molecule has 0 aliphatic heterocycles. The molecule has 0 aromatic heterocycles. The summed E-state index contributed by atoms with van der Waals surface area (Å²) in [5.41, 5.74) is 1.65. The predicted molar refractivity (Wildman–Crippen MR) is 63.2 cm³/mol. The van der Waals surface area contributed by atoms with Crippen LogP contribution >= 0.6 is 0 Å². The normalized spacial score (nSPS) is 16.8. The average Bonchev–Trinajstić information content (AvgIpc) is 3.09. The van der Waals surface area contributed by atoms with Crippen LogP contribution < -0.4 is 0 Å². The largest absolute Gasteiger partial charge is 0.466 e. The first kappa shape index (κ1) is 11.2. The fraction of sp³-hybridized carbons (Fsp3) is 0.500. The molecule has 0 unspecified atom stereocenters. The van der Waals surface area contributed by atoms with Crippen LogP contribution in [0.1, 0.15) is 38.2 Å². The first-order valence-corrected chi connectivity index (χ1v) is 5.98. The highest BCUT2D eigenvalue weighted by Crippen LogP contribution is 2.51. The molecule has 0 atom stereocenters. The Kier molecular flexibility index (Phi) is 3.28. The van der Waals surface area contributed by atoms with E-state index >= 15 is 0 Å². The van der Waals surface area contributed by atoms with Gasteiger partial charge in [-0.25, -0.2) is 0 Å². The Labute approximate surface area is 96.6 Å². The molecule has 0 bridgehead atoms. The van der Waals surface area contributed by atoms with Crippen molar-refractivity contribution in [2.75, 3.05) is 6.61 Å². The number of esters is 1. The summed E-state index contributed by atoms with van der Waals surface area (Å²) in [6.07, 6.45) is 3.88. The van der Waals surface area contributed by atoms with Gasteiger partial charge in [-0.05, 0) is 37.2 Å². The van der Waals surface area contributed by atoms with Gasteiger partial charge >= 0.3 is 5.97 Å². The minimum atomic E-state index is -0.0651. The highest BCUT2D eigenvalue weighted by molar-refractivity contribution is 5.69. The second-order valence-electron chi connectivity index (χ2n) is 4.45. The van der Waals surface area contributed by atoms with Gasteiger partial charge in [0.25, 0.3) is 0 Å². The van der Waals surface area contributed by atoms with Crippen molar-refractivity contribution >= 4 is 5.97 Å². The van der Waals surface area contributed by atoms with Crippen LogP contribution in [0.25, 0.3) is 0 Å². The van der Waals surface area contributed by atoms with Crippen LogP contribution in [0.4, 0.5) is 0 Å². The van der Waals surface area contributed by atoms with E-state index in [9.17, 15) is 4.79 Å². The van der Waals surface area contributed by atoms with Gasteiger partial charge in [-0.3, -0.25) is 4.79 Å². The lowest BCUT2D eigenvalue weighted by Crippen LogP contribution is -2.11. The minimum absolute atomic E-state index is 0.0651. The van der Waals surface area contributed by atoms with E-state index < -0.39 is 0 Å². The quantitative estimate of drug-likeness (QED) is 0.710. The molecule has 1 aliphatic rings. The second kappa shape index (κ2) is 4.69. The fourth-order valence-corrected chi connectivity index (χ4v) is 2.20. The summed E-state index contributed by atoms with van der Waals surface area (Å²) >= 11 is 0. The SMILES string of the molecule is CCOC(=O)CCC1(c2ccccc2)CC1. The zero-order chi connectivity index (χ0) is 11.4. The van der Waals surface area contributed by atoms with Gasteiger partial charge in [0.2, 0.25) is 0 Å². The van der Waals surface area contributed by atoms with Gasteiger partial charge in [0, 0.05) is 6.42 Å². The lowest BCUT2D eigenvalue weighted by molar-refractivity contribution is -0.143. The van der Waals surface area contributed by atoms with Crippen LogP contribution in [0, 0.1) is 0 Å². The zero-order valence-corrected chi connectivity index (χ0v) is 9.74. The molecule has 2 rings (SSSR count). The Balaban J connectivity index is 1.92. The molecular formula is C14H18O2. The highest BCUT2D eigenvalue weighted by Gasteiger charge is 2.43. The van der Waals surface area contributed by atoms with E-state index in [1.165, 1.54) is 18.4 Å². The molecule has 1 aliphatic carbocycles. The van der Waals surface area contributed by atoms with E-state index in [-0.39, 0.29) is 11.4 Å². The Bertz CT molecular complexity index is 352. The Morgan fingerprint density at radius 1 is 1.31 bits per heavy atom. The predicted octanol–water partition coefficient (Wildman–Crippen LogP) is 3.06.